The molecule has 1 fully saturated rings. The number of carboxylic acid groups (broad SMARTS) is 1. The highest BCUT2D eigenvalue weighted by Gasteiger charge is 2.28. The number of aromatic carboxylic acids is 1. The number of anilines is 1. The van der Waals surface area contributed by atoms with E-state index < -0.39 is 5.97 Å². The minimum atomic E-state index is -1.00. The first-order chi connectivity index (χ1) is 8.39. The summed E-state index contributed by atoms with van der Waals surface area (Å²) in [5, 5.41) is 9.29. The van der Waals surface area contributed by atoms with Crippen molar-refractivity contribution in [1.82, 2.24) is 4.98 Å². The van der Waals surface area contributed by atoms with Crippen LogP contribution in [-0.2, 0) is 0 Å². The Bertz CT molecular complexity index is 474. The quantitative estimate of drug-likeness (QED) is 0.896. The van der Waals surface area contributed by atoms with Gasteiger partial charge in [-0.05, 0) is 24.3 Å². The Morgan fingerprint density at radius 3 is 2.83 bits per heavy atom. The maximum Gasteiger partial charge on any atom is 0.337 e. The Balaban J connectivity index is 2.26. The summed E-state index contributed by atoms with van der Waals surface area (Å²) in [6.07, 6.45) is 3.66. The Hall–Kier alpha value is -1.29. The molecule has 0 atom stereocenters. The fraction of sp³-hybridized carbons (Fsp3) is 0.538. The zero-order chi connectivity index (χ0) is 13.3. The predicted octanol–water partition coefficient (Wildman–Crippen LogP) is 3.06. The van der Waals surface area contributed by atoms with Crippen LogP contribution in [-0.4, -0.2) is 29.1 Å². The van der Waals surface area contributed by atoms with Gasteiger partial charge in [-0.15, -0.1) is 0 Å². The van der Waals surface area contributed by atoms with Crippen molar-refractivity contribution in [2.45, 2.75) is 26.7 Å². The van der Waals surface area contributed by atoms with Gasteiger partial charge in [0, 0.05) is 19.3 Å². The first-order valence-corrected chi connectivity index (χ1v) is 6.41. The van der Waals surface area contributed by atoms with E-state index in [0.717, 1.165) is 19.5 Å². The van der Waals surface area contributed by atoms with Gasteiger partial charge < -0.3 is 10.0 Å². The lowest BCUT2D eigenvalue weighted by atomic mass is 9.84. The summed E-state index contributed by atoms with van der Waals surface area (Å²) in [7, 11) is 0. The molecule has 0 aromatic carbocycles. The molecule has 0 unspecified atom stereocenters. The predicted molar refractivity (Wildman–Crippen MR) is 71.4 cm³/mol. The molecule has 5 heteroatoms. The Morgan fingerprint density at radius 2 is 2.28 bits per heavy atom. The minimum absolute atomic E-state index is 0.125. The molecule has 0 bridgehead atoms. The van der Waals surface area contributed by atoms with E-state index in [1.165, 1.54) is 18.7 Å². The standard InChI is InChI=1S/C13H17ClN2O2/c1-13(2)4-3-5-16(8-13)11-10(14)6-9(7-15-11)12(17)18/h6-7H,3-5,8H2,1-2H3,(H,17,18). The van der Waals surface area contributed by atoms with Crippen molar-refractivity contribution in [2.24, 2.45) is 5.41 Å². The van der Waals surface area contributed by atoms with Crippen LogP contribution in [0.15, 0.2) is 12.3 Å². The summed E-state index contributed by atoms with van der Waals surface area (Å²) in [5.41, 5.74) is 0.370. The van der Waals surface area contributed by atoms with Crippen LogP contribution in [0.5, 0.6) is 0 Å². The lowest BCUT2D eigenvalue weighted by Crippen LogP contribution is -2.40. The molecule has 1 saturated heterocycles. The van der Waals surface area contributed by atoms with Gasteiger partial charge in [0.15, 0.2) is 0 Å². The molecule has 0 amide bonds. The molecule has 2 heterocycles. The maximum atomic E-state index is 10.8. The lowest BCUT2D eigenvalue weighted by Gasteiger charge is -2.39. The minimum Gasteiger partial charge on any atom is -0.478 e. The Morgan fingerprint density at radius 1 is 1.56 bits per heavy atom. The van der Waals surface area contributed by atoms with E-state index in [-0.39, 0.29) is 11.0 Å². The van der Waals surface area contributed by atoms with Crippen LogP contribution in [0.1, 0.15) is 37.0 Å². The summed E-state index contributed by atoms with van der Waals surface area (Å²) in [6.45, 7) is 6.26. The second-order valence-corrected chi connectivity index (χ2v) is 5.93. The summed E-state index contributed by atoms with van der Waals surface area (Å²) in [4.78, 5) is 17.2. The molecule has 1 N–H and O–H groups in total. The summed E-state index contributed by atoms with van der Waals surface area (Å²) in [6, 6.07) is 1.47. The van der Waals surface area contributed by atoms with Gasteiger partial charge in [0.1, 0.15) is 5.82 Å². The van der Waals surface area contributed by atoms with Crippen molar-refractivity contribution in [1.29, 1.82) is 0 Å². The van der Waals surface area contributed by atoms with Crippen LogP contribution in [0.4, 0.5) is 5.82 Å². The number of halogens is 1. The number of hydrogen-bond acceptors (Lipinski definition) is 3. The first-order valence-electron chi connectivity index (χ1n) is 6.03. The van der Waals surface area contributed by atoms with E-state index in [1.807, 2.05) is 0 Å². The number of hydrogen-bond donors (Lipinski definition) is 1. The Labute approximate surface area is 112 Å². The van der Waals surface area contributed by atoms with Gasteiger partial charge in [-0.2, -0.15) is 0 Å². The topological polar surface area (TPSA) is 53.4 Å². The SMILES string of the molecule is CC1(C)CCCN(c2ncc(C(=O)O)cc2Cl)C1. The van der Waals surface area contributed by atoms with Crippen molar-refractivity contribution in [2.75, 3.05) is 18.0 Å². The molecule has 0 spiro atoms. The van der Waals surface area contributed by atoms with E-state index >= 15 is 0 Å². The normalized spacial score (nSPS) is 18.7. The average molecular weight is 269 g/mol. The van der Waals surface area contributed by atoms with Gasteiger partial charge in [0.2, 0.25) is 0 Å². The zero-order valence-electron chi connectivity index (χ0n) is 10.6. The molecule has 1 aliphatic heterocycles. The van der Waals surface area contributed by atoms with Crippen molar-refractivity contribution < 1.29 is 9.90 Å². The number of piperidine rings is 1. The molecule has 2 rings (SSSR count). The number of rotatable bonds is 2. The van der Waals surface area contributed by atoms with Crippen LogP contribution in [0.3, 0.4) is 0 Å². The van der Waals surface area contributed by atoms with E-state index in [4.69, 9.17) is 16.7 Å². The number of carbonyl (C=O) groups is 1. The van der Waals surface area contributed by atoms with E-state index in [1.54, 1.807) is 0 Å². The van der Waals surface area contributed by atoms with E-state index in [9.17, 15) is 4.79 Å². The molecule has 18 heavy (non-hydrogen) atoms. The van der Waals surface area contributed by atoms with Crippen LogP contribution in [0.25, 0.3) is 0 Å². The van der Waals surface area contributed by atoms with Crippen LogP contribution < -0.4 is 4.90 Å². The summed E-state index contributed by atoms with van der Waals surface area (Å²) in [5.74, 6) is -0.315. The highest BCUT2D eigenvalue weighted by atomic mass is 35.5. The number of nitrogens with zero attached hydrogens (tertiary/aromatic N) is 2. The second kappa shape index (κ2) is 4.76. The maximum absolute atomic E-state index is 10.8. The lowest BCUT2D eigenvalue weighted by molar-refractivity contribution is 0.0696. The summed E-state index contributed by atoms with van der Waals surface area (Å²) >= 11 is 6.13. The molecule has 1 aromatic rings. The molecule has 0 aliphatic carbocycles. The van der Waals surface area contributed by atoms with Crippen LogP contribution in [0, 0.1) is 5.41 Å². The molecule has 0 radical (unpaired) electrons. The highest BCUT2D eigenvalue weighted by molar-refractivity contribution is 6.33. The molecular weight excluding hydrogens is 252 g/mol. The third kappa shape index (κ3) is 2.75. The molecule has 1 aromatic heterocycles. The molecule has 0 saturated carbocycles. The van der Waals surface area contributed by atoms with Gasteiger partial charge in [-0.1, -0.05) is 25.4 Å². The van der Waals surface area contributed by atoms with Gasteiger partial charge >= 0.3 is 5.97 Å². The third-order valence-electron chi connectivity index (χ3n) is 3.27. The molecular formula is C13H17ClN2O2. The van der Waals surface area contributed by atoms with Crippen LogP contribution in [0.2, 0.25) is 5.02 Å². The smallest absolute Gasteiger partial charge is 0.337 e. The number of aromatic nitrogens is 1. The van der Waals surface area contributed by atoms with Crippen molar-refractivity contribution in [3.63, 3.8) is 0 Å². The average Bonchev–Trinajstić information content (AvgIpc) is 2.27. The fourth-order valence-corrected chi connectivity index (χ4v) is 2.67. The summed E-state index contributed by atoms with van der Waals surface area (Å²) < 4.78 is 0. The first kappa shape index (κ1) is 13.1. The molecule has 1 aliphatic rings. The van der Waals surface area contributed by atoms with E-state index in [0.29, 0.717) is 10.8 Å². The van der Waals surface area contributed by atoms with Crippen molar-refractivity contribution >= 4 is 23.4 Å². The van der Waals surface area contributed by atoms with Gasteiger partial charge in [-0.3, -0.25) is 0 Å². The van der Waals surface area contributed by atoms with Gasteiger partial charge in [0.25, 0.3) is 0 Å². The highest BCUT2D eigenvalue weighted by Crippen LogP contribution is 2.33. The van der Waals surface area contributed by atoms with Crippen molar-refractivity contribution in [3.05, 3.63) is 22.8 Å². The largest absolute Gasteiger partial charge is 0.478 e. The van der Waals surface area contributed by atoms with Crippen LogP contribution >= 0.6 is 11.6 Å². The van der Waals surface area contributed by atoms with Gasteiger partial charge in [-0.25, -0.2) is 9.78 Å². The zero-order valence-corrected chi connectivity index (χ0v) is 11.4. The number of carboxylic acids is 1. The molecule has 4 nitrogen and oxygen atoms in total. The van der Waals surface area contributed by atoms with Gasteiger partial charge in [0.05, 0.1) is 10.6 Å². The Kier molecular flexibility index (Phi) is 3.48. The second-order valence-electron chi connectivity index (χ2n) is 5.52. The monoisotopic (exact) mass is 268 g/mol. The van der Waals surface area contributed by atoms with E-state index in [2.05, 4.69) is 23.7 Å². The van der Waals surface area contributed by atoms with Crippen molar-refractivity contribution in [3.8, 4) is 0 Å². The fourth-order valence-electron chi connectivity index (χ4n) is 2.38. The third-order valence-corrected chi connectivity index (χ3v) is 3.55. The molecule has 98 valence electrons. The number of pyridine rings is 1.